The number of carbonyl (C=O) groups excluding carboxylic acids is 1. The average Bonchev–Trinajstić information content (AvgIpc) is 3.36. The van der Waals surface area contributed by atoms with Crippen molar-refractivity contribution in [2.75, 3.05) is 38.1 Å². The highest BCUT2D eigenvalue weighted by Crippen LogP contribution is 2.34. The number of thioether (sulfide) groups is 1. The molecule has 4 heterocycles. The number of hydrogen-bond acceptors (Lipinski definition) is 7. The van der Waals surface area contributed by atoms with Crippen LogP contribution in [0, 0.1) is 0 Å². The minimum Gasteiger partial charge on any atom is -0.354 e. The van der Waals surface area contributed by atoms with E-state index < -0.39 is 0 Å². The number of pyridine rings is 1. The highest BCUT2D eigenvalue weighted by Gasteiger charge is 2.21. The molecule has 0 radical (unpaired) electrons. The third-order valence-electron chi connectivity index (χ3n) is 4.76. The number of amides is 1. The van der Waals surface area contributed by atoms with Gasteiger partial charge in [-0.25, -0.2) is 9.67 Å². The molecule has 8 nitrogen and oxygen atoms in total. The molecule has 1 N–H and O–H groups in total. The Morgan fingerprint density at radius 1 is 1.32 bits per heavy atom. The number of alkyl halides is 1. The fourth-order valence-electron chi connectivity index (χ4n) is 3.08. The van der Waals surface area contributed by atoms with Gasteiger partial charge in [-0.1, -0.05) is 11.3 Å². The number of likely N-dealkylation sites (N-methyl/N-ethyl adjacent to an activating group) is 1. The van der Waals surface area contributed by atoms with Crippen molar-refractivity contribution in [1.29, 1.82) is 0 Å². The average molecular weight is 420 g/mol. The molecule has 0 bridgehead atoms. The van der Waals surface area contributed by atoms with Crippen LogP contribution in [-0.2, 0) is 11.3 Å². The summed E-state index contributed by atoms with van der Waals surface area (Å²) in [6.45, 7) is 4.37. The molecular formula is C18H22ClN7OS. The highest BCUT2D eigenvalue weighted by atomic mass is 35.5. The number of nitrogens with zero attached hydrogens (tertiary/aromatic N) is 6. The lowest BCUT2D eigenvalue weighted by Crippen LogP contribution is -2.44. The number of aromatic nitrogens is 4. The van der Waals surface area contributed by atoms with E-state index >= 15 is 0 Å². The van der Waals surface area contributed by atoms with E-state index in [1.54, 1.807) is 17.1 Å². The lowest BCUT2D eigenvalue weighted by molar-refractivity contribution is -0.117. The Morgan fingerprint density at radius 2 is 2.14 bits per heavy atom. The smallest absolute Gasteiger partial charge is 0.257 e. The van der Waals surface area contributed by atoms with E-state index in [0.717, 1.165) is 37.7 Å². The first-order chi connectivity index (χ1) is 13.6. The summed E-state index contributed by atoms with van der Waals surface area (Å²) in [6, 6.07) is 3.99. The molecule has 2 aliphatic heterocycles. The van der Waals surface area contributed by atoms with Crippen molar-refractivity contribution in [2.24, 2.45) is 0 Å². The van der Waals surface area contributed by atoms with E-state index in [4.69, 9.17) is 11.6 Å². The van der Waals surface area contributed by atoms with E-state index in [-0.39, 0.29) is 10.6 Å². The van der Waals surface area contributed by atoms with E-state index in [1.807, 2.05) is 18.2 Å². The minimum absolute atomic E-state index is 0.0528. The Hall–Kier alpha value is -2.10. The van der Waals surface area contributed by atoms with Crippen molar-refractivity contribution < 1.29 is 4.79 Å². The lowest BCUT2D eigenvalue weighted by atomic mass is 10.3. The molecule has 28 heavy (non-hydrogen) atoms. The third kappa shape index (κ3) is 4.48. The molecule has 0 aliphatic carbocycles. The fraction of sp³-hybridized carbons (Fsp3) is 0.444. The maximum absolute atomic E-state index is 12.1. The summed E-state index contributed by atoms with van der Waals surface area (Å²) in [5.41, 5.74) is 1.52. The quantitative estimate of drug-likeness (QED) is 0.737. The van der Waals surface area contributed by atoms with Crippen LogP contribution in [0.15, 0.2) is 35.5 Å². The van der Waals surface area contributed by atoms with Gasteiger partial charge in [0.1, 0.15) is 11.5 Å². The van der Waals surface area contributed by atoms with Gasteiger partial charge in [0.15, 0.2) is 0 Å². The van der Waals surface area contributed by atoms with Gasteiger partial charge in [-0.15, -0.1) is 28.5 Å². The number of rotatable bonds is 5. The first-order valence-electron chi connectivity index (χ1n) is 9.19. The molecular weight excluding hydrogens is 398 g/mol. The standard InChI is InChI=1S/C18H22ClN7OS/c1-24-6-8-25(9-7-24)17-5-2-14(11-20-17)26-12-13(22-23-26)10-21-18(27)15-3-4-16(19)28-15/h2-3,5,11-12,16H,4,6-10H2,1H3,(H,21,27). The molecule has 1 unspecified atom stereocenters. The van der Waals surface area contributed by atoms with Gasteiger partial charge in [-0.05, 0) is 25.6 Å². The van der Waals surface area contributed by atoms with E-state index in [9.17, 15) is 4.79 Å². The van der Waals surface area contributed by atoms with Crippen molar-refractivity contribution in [3.63, 3.8) is 0 Å². The van der Waals surface area contributed by atoms with E-state index in [2.05, 4.69) is 37.5 Å². The van der Waals surface area contributed by atoms with Crippen LogP contribution in [0.5, 0.6) is 0 Å². The zero-order valence-corrected chi connectivity index (χ0v) is 17.2. The second-order valence-electron chi connectivity index (χ2n) is 6.83. The zero-order valence-electron chi connectivity index (χ0n) is 15.6. The first-order valence-corrected chi connectivity index (χ1v) is 10.5. The van der Waals surface area contributed by atoms with Crippen LogP contribution in [0.25, 0.3) is 5.69 Å². The largest absolute Gasteiger partial charge is 0.354 e. The van der Waals surface area contributed by atoms with Crippen LogP contribution in [0.1, 0.15) is 12.1 Å². The Balaban J connectivity index is 1.34. The van der Waals surface area contributed by atoms with Gasteiger partial charge in [0, 0.05) is 26.2 Å². The maximum Gasteiger partial charge on any atom is 0.257 e. The predicted octanol–water partition coefficient (Wildman–Crippen LogP) is 1.62. The van der Waals surface area contributed by atoms with Crippen LogP contribution >= 0.6 is 23.4 Å². The van der Waals surface area contributed by atoms with Gasteiger partial charge >= 0.3 is 0 Å². The molecule has 10 heteroatoms. The molecule has 1 atom stereocenters. The molecule has 2 aromatic heterocycles. The van der Waals surface area contributed by atoms with Crippen LogP contribution < -0.4 is 10.2 Å². The van der Waals surface area contributed by atoms with E-state index in [1.165, 1.54) is 11.8 Å². The number of hydrogen-bond donors (Lipinski definition) is 1. The van der Waals surface area contributed by atoms with Crippen molar-refractivity contribution in [3.8, 4) is 5.69 Å². The maximum atomic E-state index is 12.1. The summed E-state index contributed by atoms with van der Waals surface area (Å²) in [5.74, 6) is 0.852. The van der Waals surface area contributed by atoms with Gasteiger partial charge in [-0.2, -0.15) is 0 Å². The topological polar surface area (TPSA) is 79.2 Å². The second kappa shape index (κ2) is 8.50. The predicted molar refractivity (Wildman–Crippen MR) is 111 cm³/mol. The molecule has 0 aromatic carbocycles. The Labute approximate surface area is 172 Å². The first kappa shape index (κ1) is 19.2. The fourth-order valence-corrected chi connectivity index (χ4v) is 4.30. The summed E-state index contributed by atoms with van der Waals surface area (Å²) in [7, 11) is 2.14. The van der Waals surface area contributed by atoms with Crippen LogP contribution in [0.4, 0.5) is 5.82 Å². The van der Waals surface area contributed by atoms with Crippen LogP contribution in [0.2, 0.25) is 0 Å². The number of halogens is 1. The van der Waals surface area contributed by atoms with Crippen LogP contribution in [0.3, 0.4) is 0 Å². The summed E-state index contributed by atoms with van der Waals surface area (Å²) in [6.07, 6.45) is 6.17. The summed E-state index contributed by atoms with van der Waals surface area (Å²) in [5, 5.41) is 11.1. The molecule has 148 valence electrons. The number of nitrogens with one attached hydrogen (secondary N) is 1. The van der Waals surface area contributed by atoms with Gasteiger partial charge < -0.3 is 15.1 Å². The monoisotopic (exact) mass is 419 g/mol. The molecule has 0 saturated carbocycles. The highest BCUT2D eigenvalue weighted by molar-refractivity contribution is 8.05. The second-order valence-corrected chi connectivity index (χ2v) is 8.86. The number of allylic oxidation sites excluding steroid dienone is 1. The van der Waals surface area contributed by atoms with Gasteiger partial charge in [0.05, 0.1) is 34.2 Å². The summed E-state index contributed by atoms with van der Waals surface area (Å²) < 4.78 is 1.61. The van der Waals surface area contributed by atoms with Gasteiger partial charge in [0.25, 0.3) is 5.91 Å². The van der Waals surface area contributed by atoms with Crippen LogP contribution in [-0.4, -0.2) is 68.7 Å². The normalized spacial score (nSPS) is 20.3. The molecule has 4 rings (SSSR count). The minimum atomic E-state index is -0.124. The molecule has 1 amide bonds. The van der Waals surface area contributed by atoms with Crippen molar-refractivity contribution in [3.05, 3.63) is 41.2 Å². The molecule has 2 aromatic rings. The zero-order chi connectivity index (χ0) is 19.5. The van der Waals surface area contributed by atoms with Crippen molar-refractivity contribution >= 4 is 35.1 Å². The molecule has 1 saturated heterocycles. The van der Waals surface area contributed by atoms with Gasteiger partial charge in [-0.3, -0.25) is 4.79 Å². The SMILES string of the molecule is CN1CCN(c2ccc(-n3cc(CNC(=O)C4=CCC(Cl)S4)nn3)cn2)CC1. The van der Waals surface area contributed by atoms with Crippen molar-refractivity contribution in [2.45, 2.75) is 17.7 Å². The molecule has 1 fully saturated rings. The summed E-state index contributed by atoms with van der Waals surface area (Å²) in [4.78, 5) is 22.0. The lowest BCUT2D eigenvalue weighted by Gasteiger charge is -2.33. The third-order valence-corrected chi connectivity index (χ3v) is 6.26. The van der Waals surface area contributed by atoms with Crippen molar-refractivity contribution in [1.82, 2.24) is 30.2 Å². The summed E-state index contributed by atoms with van der Waals surface area (Å²) >= 11 is 7.38. The molecule has 2 aliphatic rings. The van der Waals surface area contributed by atoms with Gasteiger partial charge in [0.2, 0.25) is 0 Å². The Bertz CT molecular complexity index is 861. The number of piperazine rings is 1. The Kier molecular flexibility index (Phi) is 5.84. The number of anilines is 1. The van der Waals surface area contributed by atoms with E-state index in [0.29, 0.717) is 23.6 Å². The Morgan fingerprint density at radius 3 is 2.82 bits per heavy atom. The number of carbonyl (C=O) groups is 1. The molecule has 0 spiro atoms.